The molecule has 0 atom stereocenters. The van der Waals surface area contributed by atoms with Gasteiger partial charge in [0.2, 0.25) is 0 Å². The van der Waals surface area contributed by atoms with Crippen LogP contribution in [0.15, 0.2) is 164 Å². The summed E-state index contributed by atoms with van der Waals surface area (Å²) in [6.07, 6.45) is 0. The molecule has 0 aliphatic heterocycles. The van der Waals surface area contributed by atoms with E-state index in [1.54, 1.807) is 0 Å². The molecule has 0 aliphatic rings. The van der Waals surface area contributed by atoms with Crippen LogP contribution in [0.4, 0.5) is 0 Å². The van der Waals surface area contributed by atoms with Crippen LogP contribution < -0.4 is 0 Å². The summed E-state index contributed by atoms with van der Waals surface area (Å²) in [5, 5.41) is 4.94. The summed E-state index contributed by atoms with van der Waals surface area (Å²) < 4.78 is 0. The van der Waals surface area contributed by atoms with Gasteiger partial charge in [-0.25, -0.2) is 9.97 Å². The molecule has 0 saturated heterocycles. The third kappa shape index (κ3) is 5.46. The van der Waals surface area contributed by atoms with Gasteiger partial charge in [0.15, 0.2) is 5.82 Å². The lowest BCUT2D eigenvalue weighted by Gasteiger charge is -2.23. The minimum absolute atomic E-state index is 0.0216. The zero-order chi connectivity index (χ0) is 32.7. The molecular weight excluding hydrogens is 581 g/mol. The number of hydrogen-bond donors (Lipinski definition) is 0. The molecule has 0 aliphatic carbocycles. The van der Waals surface area contributed by atoms with E-state index in [2.05, 4.69) is 160 Å². The predicted molar refractivity (Wildman–Crippen MR) is 203 cm³/mol. The van der Waals surface area contributed by atoms with Crippen LogP contribution in [0.1, 0.15) is 26.3 Å². The molecule has 0 unspecified atom stereocenters. The topological polar surface area (TPSA) is 25.8 Å². The third-order valence-electron chi connectivity index (χ3n) is 9.23. The number of fused-ring (bicyclic) bond motifs is 2. The van der Waals surface area contributed by atoms with Crippen molar-refractivity contribution < 1.29 is 0 Å². The molecule has 0 N–H and O–H groups in total. The summed E-state index contributed by atoms with van der Waals surface area (Å²) in [7, 11) is 0. The van der Waals surface area contributed by atoms with Gasteiger partial charge in [-0.15, -0.1) is 0 Å². The van der Waals surface area contributed by atoms with Gasteiger partial charge in [-0.1, -0.05) is 166 Å². The zero-order valence-electron chi connectivity index (χ0n) is 27.5. The molecule has 0 amide bonds. The summed E-state index contributed by atoms with van der Waals surface area (Å²) in [5.74, 6) is 0.716. The van der Waals surface area contributed by atoms with Crippen molar-refractivity contribution in [2.45, 2.75) is 26.2 Å². The molecule has 0 bridgehead atoms. The fraction of sp³-hybridized carbons (Fsp3) is 0.0870. The smallest absolute Gasteiger partial charge is 0.160 e. The highest BCUT2D eigenvalue weighted by atomic mass is 14.9. The van der Waals surface area contributed by atoms with Crippen LogP contribution in [0.3, 0.4) is 0 Å². The van der Waals surface area contributed by atoms with E-state index in [0.29, 0.717) is 5.82 Å². The van der Waals surface area contributed by atoms with Crippen LogP contribution in [-0.4, -0.2) is 9.97 Å². The van der Waals surface area contributed by atoms with E-state index in [1.807, 2.05) is 24.3 Å². The molecule has 0 radical (unpaired) electrons. The highest BCUT2D eigenvalue weighted by Crippen LogP contribution is 2.46. The SMILES string of the molecule is CC(C)(C)c1ccc2c(-c3ccccc3)c3cc(-c4cc(-c5ccccc5)nc(-c5ccccc5)n4)ccc3c(-c3ccccc3)c2c1. The molecule has 1 aromatic heterocycles. The van der Waals surface area contributed by atoms with E-state index >= 15 is 0 Å². The van der Waals surface area contributed by atoms with Gasteiger partial charge in [0.05, 0.1) is 11.4 Å². The van der Waals surface area contributed by atoms with E-state index in [0.717, 1.165) is 28.1 Å². The maximum absolute atomic E-state index is 5.18. The van der Waals surface area contributed by atoms with Gasteiger partial charge >= 0.3 is 0 Å². The molecule has 2 heteroatoms. The van der Waals surface area contributed by atoms with Crippen LogP contribution in [0.25, 0.3) is 77.7 Å². The normalized spacial score (nSPS) is 11.6. The van der Waals surface area contributed by atoms with Crippen molar-refractivity contribution in [3.63, 3.8) is 0 Å². The summed E-state index contributed by atoms with van der Waals surface area (Å²) in [5.41, 5.74) is 11.2. The largest absolute Gasteiger partial charge is 0.228 e. The Morgan fingerprint density at radius 1 is 0.354 bits per heavy atom. The Morgan fingerprint density at radius 2 is 0.792 bits per heavy atom. The predicted octanol–water partition coefficient (Wildman–Crippen LogP) is 12.4. The Hall–Kier alpha value is -5.86. The van der Waals surface area contributed by atoms with E-state index in [-0.39, 0.29) is 5.41 Å². The molecule has 1 heterocycles. The Bertz CT molecular complexity index is 2330. The molecule has 0 fully saturated rings. The van der Waals surface area contributed by atoms with Crippen molar-refractivity contribution in [1.82, 2.24) is 9.97 Å². The molecule has 8 rings (SSSR count). The van der Waals surface area contributed by atoms with E-state index in [1.165, 1.54) is 49.4 Å². The average molecular weight is 617 g/mol. The second-order valence-corrected chi connectivity index (χ2v) is 13.4. The first-order valence-corrected chi connectivity index (χ1v) is 16.6. The van der Waals surface area contributed by atoms with Crippen LogP contribution >= 0.6 is 0 Å². The van der Waals surface area contributed by atoms with Gasteiger partial charge in [0.1, 0.15) is 0 Å². The fourth-order valence-corrected chi connectivity index (χ4v) is 6.75. The highest BCUT2D eigenvalue weighted by Gasteiger charge is 2.21. The second kappa shape index (κ2) is 12.1. The van der Waals surface area contributed by atoms with Crippen LogP contribution in [0, 0.1) is 0 Å². The van der Waals surface area contributed by atoms with Crippen molar-refractivity contribution in [3.05, 3.63) is 169 Å². The maximum Gasteiger partial charge on any atom is 0.160 e. The first-order chi connectivity index (χ1) is 23.4. The van der Waals surface area contributed by atoms with Gasteiger partial charge < -0.3 is 0 Å². The van der Waals surface area contributed by atoms with Crippen molar-refractivity contribution in [3.8, 4) is 56.2 Å². The molecule has 8 aromatic rings. The molecular formula is C46H36N2. The van der Waals surface area contributed by atoms with E-state index in [4.69, 9.17) is 9.97 Å². The minimum Gasteiger partial charge on any atom is -0.228 e. The van der Waals surface area contributed by atoms with Crippen molar-refractivity contribution in [1.29, 1.82) is 0 Å². The monoisotopic (exact) mass is 616 g/mol. The number of rotatable bonds is 5. The van der Waals surface area contributed by atoms with Crippen molar-refractivity contribution in [2.24, 2.45) is 0 Å². The molecule has 2 nitrogen and oxygen atoms in total. The Kier molecular flexibility index (Phi) is 7.42. The third-order valence-corrected chi connectivity index (χ3v) is 9.23. The van der Waals surface area contributed by atoms with E-state index in [9.17, 15) is 0 Å². The van der Waals surface area contributed by atoms with Crippen molar-refractivity contribution in [2.75, 3.05) is 0 Å². The van der Waals surface area contributed by atoms with Crippen LogP contribution in [-0.2, 0) is 5.41 Å². The Balaban J connectivity index is 1.46. The lowest BCUT2D eigenvalue weighted by molar-refractivity contribution is 0.591. The standard InChI is InChI=1S/C46H36N2/c1-46(2,3)36-25-27-38-40(29-36)44(33-20-12-6-13-21-33)37-26-24-35(28-39(37)43(38)32-18-10-5-11-19-32)42-30-41(31-16-8-4-9-17-31)47-45(48-42)34-22-14-7-15-23-34/h4-30H,1-3H3. The number of benzene rings is 7. The van der Waals surface area contributed by atoms with Crippen molar-refractivity contribution >= 4 is 21.5 Å². The molecule has 0 saturated carbocycles. The number of nitrogens with zero attached hydrogens (tertiary/aromatic N) is 2. The van der Waals surface area contributed by atoms with Gasteiger partial charge in [0.25, 0.3) is 0 Å². The first-order valence-electron chi connectivity index (χ1n) is 16.6. The summed E-state index contributed by atoms with van der Waals surface area (Å²) in [4.78, 5) is 10.2. The number of hydrogen-bond acceptors (Lipinski definition) is 2. The van der Waals surface area contributed by atoms with E-state index < -0.39 is 0 Å². The second-order valence-electron chi connectivity index (χ2n) is 13.4. The van der Waals surface area contributed by atoms with Crippen LogP contribution in [0.2, 0.25) is 0 Å². The van der Waals surface area contributed by atoms with Gasteiger partial charge in [-0.05, 0) is 73.0 Å². The average Bonchev–Trinajstić information content (AvgIpc) is 3.14. The quantitative estimate of drug-likeness (QED) is 0.180. The van der Waals surface area contributed by atoms with Crippen LogP contribution in [0.5, 0.6) is 0 Å². The molecule has 230 valence electrons. The first kappa shape index (κ1) is 29.5. The van der Waals surface area contributed by atoms with Gasteiger partial charge in [-0.3, -0.25) is 0 Å². The molecule has 7 aromatic carbocycles. The summed E-state index contributed by atoms with van der Waals surface area (Å²) >= 11 is 0. The zero-order valence-corrected chi connectivity index (χ0v) is 27.5. The van der Waals surface area contributed by atoms with Gasteiger partial charge in [0, 0.05) is 16.7 Å². The fourth-order valence-electron chi connectivity index (χ4n) is 6.75. The maximum atomic E-state index is 5.18. The Labute approximate surface area is 282 Å². The molecule has 48 heavy (non-hydrogen) atoms. The lowest BCUT2D eigenvalue weighted by Crippen LogP contribution is -2.10. The Morgan fingerprint density at radius 3 is 1.31 bits per heavy atom. The lowest BCUT2D eigenvalue weighted by atomic mass is 9.81. The minimum atomic E-state index is 0.0216. The summed E-state index contributed by atoms with van der Waals surface area (Å²) in [6.45, 7) is 6.87. The molecule has 0 spiro atoms. The van der Waals surface area contributed by atoms with Gasteiger partial charge in [-0.2, -0.15) is 0 Å². The highest BCUT2D eigenvalue weighted by molar-refractivity contribution is 6.22. The number of aromatic nitrogens is 2. The summed E-state index contributed by atoms with van der Waals surface area (Å²) in [6, 6.07) is 58.3.